The summed E-state index contributed by atoms with van der Waals surface area (Å²) in [7, 11) is 0. The molecule has 4 heteroatoms. The van der Waals surface area contributed by atoms with Crippen LogP contribution in [0.25, 0.3) is 0 Å². The summed E-state index contributed by atoms with van der Waals surface area (Å²) in [5.41, 5.74) is 8.25. The molecule has 0 atom stereocenters. The lowest BCUT2D eigenvalue weighted by Gasteiger charge is -2.34. The Balaban J connectivity index is 1.47. The molecule has 1 aromatic heterocycles. The van der Waals surface area contributed by atoms with Crippen LogP contribution in [0.4, 0.5) is 5.82 Å². The van der Waals surface area contributed by atoms with Crippen LogP contribution >= 0.6 is 0 Å². The maximum Gasteiger partial charge on any atom is 0.123 e. The van der Waals surface area contributed by atoms with Gasteiger partial charge in [0.25, 0.3) is 0 Å². The van der Waals surface area contributed by atoms with E-state index in [0.29, 0.717) is 5.82 Å². The lowest BCUT2D eigenvalue weighted by Crippen LogP contribution is -2.45. The molecule has 1 fully saturated rings. The van der Waals surface area contributed by atoms with E-state index < -0.39 is 0 Å². The summed E-state index contributed by atoms with van der Waals surface area (Å²) in [6.45, 7) is 6.48. The number of aromatic nitrogens is 1. The van der Waals surface area contributed by atoms with Crippen LogP contribution in [-0.2, 0) is 13.1 Å². The summed E-state index contributed by atoms with van der Waals surface area (Å²) >= 11 is 0. The minimum Gasteiger partial charge on any atom is -0.384 e. The highest BCUT2D eigenvalue weighted by atomic mass is 15.3. The number of anilines is 1. The standard InChI is InChI=1S/C17H22N4/c18-17-7-6-16(12-19-17)14-21-10-8-20(9-11-21)13-15-4-2-1-3-5-15/h1-7,12H,8-11,13-14H2,(H2,18,19). The smallest absolute Gasteiger partial charge is 0.123 e. The van der Waals surface area contributed by atoms with Crippen LogP contribution in [0.1, 0.15) is 11.1 Å². The molecular formula is C17H22N4. The summed E-state index contributed by atoms with van der Waals surface area (Å²) in [5.74, 6) is 0.589. The fourth-order valence-electron chi connectivity index (χ4n) is 2.73. The first-order chi connectivity index (χ1) is 10.3. The molecule has 3 rings (SSSR count). The third kappa shape index (κ3) is 4.03. The van der Waals surface area contributed by atoms with Crippen molar-refractivity contribution in [1.82, 2.24) is 14.8 Å². The number of nitrogens with two attached hydrogens (primary N) is 1. The minimum atomic E-state index is 0.589. The minimum absolute atomic E-state index is 0.589. The van der Waals surface area contributed by atoms with E-state index in [-0.39, 0.29) is 0 Å². The quantitative estimate of drug-likeness (QED) is 0.931. The Morgan fingerprint density at radius 3 is 2.00 bits per heavy atom. The molecule has 0 aliphatic carbocycles. The van der Waals surface area contributed by atoms with Gasteiger partial charge in [0.2, 0.25) is 0 Å². The molecule has 0 spiro atoms. The van der Waals surface area contributed by atoms with Gasteiger partial charge >= 0.3 is 0 Å². The van der Waals surface area contributed by atoms with E-state index in [4.69, 9.17) is 5.73 Å². The molecule has 2 aromatic rings. The molecule has 110 valence electrons. The van der Waals surface area contributed by atoms with Crippen LogP contribution in [-0.4, -0.2) is 41.0 Å². The fourth-order valence-corrected chi connectivity index (χ4v) is 2.73. The molecule has 0 unspecified atom stereocenters. The zero-order valence-corrected chi connectivity index (χ0v) is 12.3. The lowest BCUT2D eigenvalue weighted by molar-refractivity contribution is 0.122. The maximum absolute atomic E-state index is 5.62. The number of rotatable bonds is 4. The van der Waals surface area contributed by atoms with E-state index in [1.807, 2.05) is 12.3 Å². The number of hydrogen-bond donors (Lipinski definition) is 1. The molecule has 21 heavy (non-hydrogen) atoms. The average Bonchev–Trinajstić information content (AvgIpc) is 2.53. The predicted molar refractivity (Wildman–Crippen MR) is 85.6 cm³/mol. The Hall–Kier alpha value is -1.91. The number of pyridine rings is 1. The molecule has 0 bridgehead atoms. The average molecular weight is 282 g/mol. The van der Waals surface area contributed by atoms with Gasteiger partial charge in [-0.15, -0.1) is 0 Å². The van der Waals surface area contributed by atoms with Gasteiger partial charge in [-0.2, -0.15) is 0 Å². The van der Waals surface area contributed by atoms with Gasteiger partial charge in [-0.3, -0.25) is 9.80 Å². The zero-order chi connectivity index (χ0) is 14.5. The molecule has 1 saturated heterocycles. The summed E-state index contributed by atoms with van der Waals surface area (Å²) in [6, 6.07) is 14.6. The van der Waals surface area contributed by atoms with Gasteiger partial charge in [-0.1, -0.05) is 36.4 Å². The lowest BCUT2D eigenvalue weighted by atomic mass is 10.2. The van der Waals surface area contributed by atoms with Crippen molar-refractivity contribution in [3.63, 3.8) is 0 Å². The molecule has 0 radical (unpaired) electrons. The first-order valence-corrected chi connectivity index (χ1v) is 7.48. The van der Waals surface area contributed by atoms with Crippen LogP contribution < -0.4 is 5.73 Å². The van der Waals surface area contributed by atoms with Crippen LogP contribution in [0.5, 0.6) is 0 Å². The molecule has 2 N–H and O–H groups in total. The normalized spacial score (nSPS) is 17.0. The van der Waals surface area contributed by atoms with Gasteiger partial charge in [0.1, 0.15) is 5.82 Å². The maximum atomic E-state index is 5.62. The van der Waals surface area contributed by atoms with E-state index >= 15 is 0 Å². The highest BCUT2D eigenvalue weighted by molar-refractivity contribution is 5.29. The van der Waals surface area contributed by atoms with E-state index in [0.717, 1.165) is 39.3 Å². The van der Waals surface area contributed by atoms with Gasteiger partial charge in [0.15, 0.2) is 0 Å². The van der Waals surface area contributed by atoms with Gasteiger partial charge in [-0.25, -0.2) is 4.98 Å². The summed E-state index contributed by atoms with van der Waals surface area (Å²) in [5, 5.41) is 0. The second-order valence-corrected chi connectivity index (χ2v) is 5.63. The van der Waals surface area contributed by atoms with Gasteiger partial charge in [0, 0.05) is 45.5 Å². The van der Waals surface area contributed by atoms with E-state index in [1.165, 1.54) is 11.1 Å². The summed E-state index contributed by atoms with van der Waals surface area (Å²) in [6.07, 6.45) is 1.88. The van der Waals surface area contributed by atoms with Crippen LogP contribution in [0.15, 0.2) is 48.7 Å². The number of nitrogen functional groups attached to an aromatic ring is 1. The fraction of sp³-hybridized carbons (Fsp3) is 0.353. The summed E-state index contributed by atoms with van der Waals surface area (Å²) < 4.78 is 0. The first-order valence-electron chi connectivity index (χ1n) is 7.48. The molecule has 1 aliphatic rings. The number of hydrogen-bond acceptors (Lipinski definition) is 4. The Labute approximate surface area is 126 Å². The highest BCUT2D eigenvalue weighted by Crippen LogP contribution is 2.11. The Kier molecular flexibility index (Phi) is 4.48. The van der Waals surface area contributed by atoms with Crippen LogP contribution in [0.3, 0.4) is 0 Å². The molecule has 1 aliphatic heterocycles. The van der Waals surface area contributed by atoms with Crippen molar-refractivity contribution < 1.29 is 0 Å². The van der Waals surface area contributed by atoms with Crippen molar-refractivity contribution in [2.75, 3.05) is 31.9 Å². The topological polar surface area (TPSA) is 45.4 Å². The Morgan fingerprint density at radius 2 is 1.43 bits per heavy atom. The first kappa shape index (κ1) is 14.0. The van der Waals surface area contributed by atoms with Gasteiger partial charge in [0.05, 0.1) is 0 Å². The molecule has 0 saturated carbocycles. The number of benzene rings is 1. The van der Waals surface area contributed by atoms with Crippen molar-refractivity contribution in [2.45, 2.75) is 13.1 Å². The van der Waals surface area contributed by atoms with E-state index in [1.54, 1.807) is 0 Å². The SMILES string of the molecule is Nc1ccc(CN2CCN(Cc3ccccc3)CC2)cn1. The van der Waals surface area contributed by atoms with E-state index in [2.05, 4.69) is 51.2 Å². The number of nitrogens with zero attached hydrogens (tertiary/aromatic N) is 3. The number of piperazine rings is 1. The van der Waals surface area contributed by atoms with Crippen molar-refractivity contribution in [2.24, 2.45) is 0 Å². The zero-order valence-electron chi connectivity index (χ0n) is 12.3. The van der Waals surface area contributed by atoms with Crippen molar-refractivity contribution in [1.29, 1.82) is 0 Å². The van der Waals surface area contributed by atoms with E-state index in [9.17, 15) is 0 Å². The van der Waals surface area contributed by atoms with Crippen LogP contribution in [0.2, 0.25) is 0 Å². The second-order valence-electron chi connectivity index (χ2n) is 5.63. The van der Waals surface area contributed by atoms with Crippen molar-refractivity contribution in [3.05, 3.63) is 59.8 Å². The molecule has 0 amide bonds. The predicted octanol–water partition coefficient (Wildman–Crippen LogP) is 1.98. The van der Waals surface area contributed by atoms with Gasteiger partial charge in [-0.05, 0) is 17.2 Å². The van der Waals surface area contributed by atoms with Crippen molar-refractivity contribution >= 4 is 5.82 Å². The molecule has 4 nitrogen and oxygen atoms in total. The largest absolute Gasteiger partial charge is 0.384 e. The second kappa shape index (κ2) is 6.70. The Bertz CT molecular complexity index is 545. The summed E-state index contributed by atoms with van der Waals surface area (Å²) in [4.78, 5) is 9.16. The third-order valence-corrected chi connectivity index (χ3v) is 3.97. The molecule has 2 heterocycles. The third-order valence-electron chi connectivity index (χ3n) is 3.97. The molecular weight excluding hydrogens is 260 g/mol. The highest BCUT2D eigenvalue weighted by Gasteiger charge is 2.16. The van der Waals surface area contributed by atoms with Gasteiger partial charge < -0.3 is 5.73 Å². The monoisotopic (exact) mass is 282 g/mol. The van der Waals surface area contributed by atoms with Crippen molar-refractivity contribution in [3.8, 4) is 0 Å². The Morgan fingerprint density at radius 1 is 0.810 bits per heavy atom. The van der Waals surface area contributed by atoms with Crippen LogP contribution in [0, 0.1) is 0 Å². The molecule has 1 aromatic carbocycles.